The first-order chi connectivity index (χ1) is 15.4. The van der Waals surface area contributed by atoms with E-state index in [9.17, 15) is 18.8 Å². The normalized spacial score (nSPS) is 14.4. The zero-order valence-electron chi connectivity index (χ0n) is 17.7. The van der Waals surface area contributed by atoms with Crippen LogP contribution in [0.25, 0.3) is 10.8 Å². The van der Waals surface area contributed by atoms with Crippen LogP contribution in [0.4, 0.5) is 14.9 Å². The average Bonchev–Trinajstić information content (AvgIpc) is 2.81. The second-order valence-electron chi connectivity index (χ2n) is 7.86. The molecule has 1 aromatic heterocycles. The molecule has 1 fully saturated rings. The minimum absolute atomic E-state index is 0.0542. The van der Waals surface area contributed by atoms with Crippen LogP contribution in [-0.2, 0) is 11.2 Å². The fourth-order valence-electron chi connectivity index (χ4n) is 3.89. The molecule has 0 radical (unpaired) electrons. The molecular weight excluding hydrogens is 413 g/mol. The molecule has 0 unspecified atom stereocenters. The lowest BCUT2D eigenvalue weighted by Crippen LogP contribution is -2.49. The highest BCUT2D eigenvalue weighted by atomic mass is 19.1. The van der Waals surface area contributed by atoms with Gasteiger partial charge in [0.05, 0.1) is 17.5 Å². The van der Waals surface area contributed by atoms with Crippen LogP contribution < -0.4 is 15.8 Å². The van der Waals surface area contributed by atoms with Gasteiger partial charge in [-0.2, -0.15) is 5.10 Å². The fourth-order valence-corrected chi connectivity index (χ4v) is 3.89. The number of rotatable bonds is 4. The standard InChI is InChI=1S/C23H24FN5O3/c1-28(17-8-6-15(24)7-9-17)23(32)25-16-10-12-29(13-11-16)21(30)14-20-18-4-2-3-5-19(18)22(31)27-26-20/h2-9,16H,10-14H2,1H3,(H,25,32)(H,27,31). The largest absolute Gasteiger partial charge is 0.342 e. The number of hydrogen-bond acceptors (Lipinski definition) is 4. The molecule has 32 heavy (non-hydrogen) atoms. The van der Waals surface area contributed by atoms with Gasteiger partial charge in [-0.15, -0.1) is 0 Å². The predicted octanol–water partition coefficient (Wildman–Crippen LogP) is 2.44. The van der Waals surface area contributed by atoms with Gasteiger partial charge < -0.3 is 10.2 Å². The number of carbonyl (C=O) groups excluding carboxylic acids is 2. The molecule has 1 aliphatic heterocycles. The number of aromatic amines is 1. The van der Waals surface area contributed by atoms with Gasteiger partial charge in [0.15, 0.2) is 0 Å². The van der Waals surface area contributed by atoms with Crippen LogP contribution in [0.15, 0.2) is 53.3 Å². The van der Waals surface area contributed by atoms with Crippen molar-refractivity contribution in [3.63, 3.8) is 0 Å². The Hall–Kier alpha value is -3.75. The number of aromatic nitrogens is 2. The molecule has 2 aromatic carbocycles. The number of H-pyrrole nitrogens is 1. The number of amides is 3. The second-order valence-corrected chi connectivity index (χ2v) is 7.86. The van der Waals surface area contributed by atoms with E-state index in [1.807, 2.05) is 6.07 Å². The Morgan fingerprint density at radius 1 is 1.12 bits per heavy atom. The van der Waals surface area contributed by atoms with Crippen LogP contribution >= 0.6 is 0 Å². The summed E-state index contributed by atoms with van der Waals surface area (Å²) in [5, 5.41) is 10.7. The number of nitrogens with zero attached hydrogens (tertiary/aromatic N) is 3. The van der Waals surface area contributed by atoms with Crippen molar-refractivity contribution in [1.29, 1.82) is 0 Å². The fraction of sp³-hybridized carbons (Fsp3) is 0.304. The third-order valence-electron chi connectivity index (χ3n) is 5.79. The first kappa shape index (κ1) is 21.5. The maximum Gasteiger partial charge on any atom is 0.321 e. The Balaban J connectivity index is 1.32. The zero-order valence-corrected chi connectivity index (χ0v) is 17.7. The van der Waals surface area contributed by atoms with Crippen LogP contribution in [0.2, 0.25) is 0 Å². The maximum atomic E-state index is 13.1. The van der Waals surface area contributed by atoms with Crippen molar-refractivity contribution in [2.45, 2.75) is 25.3 Å². The predicted molar refractivity (Wildman–Crippen MR) is 119 cm³/mol. The van der Waals surface area contributed by atoms with Gasteiger partial charge in [0.2, 0.25) is 5.91 Å². The van der Waals surface area contributed by atoms with Crippen molar-refractivity contribution < 1.29 is 14.0 Å². The molecule has 3 amide bonds. The van der Waals surface area contributed by atoms with Crippen LogP contribution in [0, 0.1) is 5.82 Å². The topological polar surface area (TPSA) is 98.4 Å². The Morgan fingerprint density at radius 3 is 2.47 bits per heavy atom. The average molecular weight is 437 g/mol. The number of likely N-dealkylation sites (tertiary alicyclic amines) is 1. The van der Waals surface area contributed by atoms with Crippen LogP contribution in [0.5, 0.6) is 0 Å². The van der Waals surface area contributed by atoms with E-state index in [1.54, 1.807) is 42.3 Å². The molecule has 3 aromatic rings. The van der Waals surface area contributed by atoms with Crippen molar-refractivity contribution in [2.75, 3.05) is 25.0 Å². The summed E-state index contributed by atoms with van der Waals surface area (Å²) < 4.78 is 13.1. The molecule has 9 heteroatoms. The van der Waals surface area contributed by atoms with Gasteiger partial charge in [-0.05, 0) is 43.2 Å². The van der Waals surface area contributed by atoms with E-state index in [0.717, 1.165) is 0 Å². The number of carbonyl (C=O) groups is 2. The lowest BCUT2D eigenvalue weighted by Gasteiger charge is -2.33. The molecule has 4 rings (SSSR count). The number of fused-ring (bicyclic) bond motifs is 1. The summed E-state index contributed by atoms with van der Waals surface area (Å²) in [4.78, 5) is 40.4. The molecule has 8 nitrogen and oxygen atoms in total. The van der Waals surface area contributed by atoms with Crippen LogP contribution in [0.1, 0.15) is 18.5 Å². The highest BCUT2D eigenvalue weighted by Crippen LogP contribution is 2.17. The van der Waals surface area contributed by atoms with Crippen molar-refractivity contribution in [3.8, 4) is 0 Å². The summed E-state index contributed by atoms with van der Waals surface area (Å²) in [6.07, 6.45) is 1.37. The lowest BCUT2D eigenvalue weighted by molar-refractivity contribution is -0.131. The smallest absolute Gasteiger partial charge is 0.321 e. The van der Waals surface area contributed by atoms with Gasteiger partial charge in [0.1, 0.15) is 5.82 Å². The molecule has 2 N–H and O–H groups in total. The number of urea groups is 1. The molecule has 166 valence electrons. The zero-order chi connectivity index (χ0) is 22.7. The molecular formula is C23H24FN5O3. The van der Waals surface area contributed by atoms with Crippen LogP contribution in [0.3, 0.4) is 0 Å². The summed E-state index contributed by atoms with van der Waals surface area (Å²) in [5.74, 6) is -0.424. The van der Waals surface area contributed by atoms with E-state index in [4.69, 9.17) is 0 Å². The van der Waals surface area contributed by atoms with Gasteiger partial charge in [0.25, 0.3) is 5.56 Å². The van der Waals surface area contributed by atoms with E-state index >= 15 is 0 Å². The van der Waals surface area contributed by atoms with Gasteiger partial charge >= 0.3 is 6.03 Å². The van der Waals surface area contributed by atoms with E-state index in [1.165, 1.54) is 17.0 Å². The minimum atomic E-state index is -0.357. The summed E-state index contributed by atoms with van der Waals surface area (Å²) in [5.41, 5.74) is 0.859. The summed E-state index contributed by atoms with van der Waals surface area (Å²) in [6, 6.07) is 12.5. The number of benzene rings is 2. The Bertz CT molecular complexity index is 1190. The number of halogens is 1. The SMILES string of the molecule is CN(C(=O)NC1CCN(C(=O)Cc2n[nH]c(=O)c3ccccc23)CC1)c1ccc(F)cc1. The third-order valence-corrected chi connectivity index (χ3v) is 5.79. The number of piperidine rings is 1. The molecule has 0 saturated carbocycles. The van der Waals surface area contributed by atoms with Gasteiger partial charge in [-0.1, -0.05) is 18.2 Å². The minimum Gasteiger partial charge on any atom is -0.342 e. The monoisotopic (exact) mass is 437 g/mol. The first-order valence-corrected chi connectivity index (χ1v) is 10.5. The van der Waals surface area contributed by atoms with E-state index in [2.05, 4.69) is 15.5 Å². The maximum absolute atomic E-state index is 13.1. The van der Waals surface area contributed by atoms with E-state index < -0.39 is 0 Å². The van der Waals surface area contributed by atoms with Gasteiger partial charge in [-0.3, -0.25) is 14.5 Å². The molecule has 0 aliphatic carbocycles. The number of nitrogens with one attached hydrogen (secondary N) is 2. The van der Waals surface area contributed by atoms with Crippen molar-refractivity contribution in [3.05, 3.63) is 70.4 Å². The van der Waals surface area contributed by atoms with Crippen molar-refractivity contribution in [2.24, 2.45) is 0 Å². The second kappa shape index (κ2) is 9.17. The summed E-state index contributed by atoms with van der Waals surface area (Å²) in [7, 11) is 1.63. The molecule has 0 bridgehead atoms. The van der Waals surface area contributed by atoms with E-state index in [-0.39, 0.29) is 35.8 Å². The van der Waals surface area contributed by atoms with E-state index in [0.29, 0.717) is 48.1 Å². The number of hydrogen-bond donors (Lipinski definition) is 2. The quantitative estimate of drug-likeness (QED) is 0.655. The molecule has 0 spiro atoms. The molecule has 1 saturated heterocycles. The number of anilines is 1. The highest BCUT2D eigenvalue weighted by Gasteiger charge is 2.25. The molecule has 0 atom stereocenters. The summed E-state index contributed by atoms with van der Waals surface area (Å²) >= 11 is 0. The Labute approximate surface area is 184 Å². The van der Waals surface area contributed by atoms with Crippen LogP contribution in [-0.4, -0.2) is 53.2 Å². The highest BCUT2D eigenvalue weighted by molar-refractivity contribution is 5.91. The molecule has 2 heterocycles. The Morgan fingerprint density at radius 2 is 1.78 bits per heavy atom. The van der Waals surface area contributed by atoms with Crippen molar-refractivity contribution >= 4 is 28.4 Å². The third kappa shape index (κ3) is 4.61. The van der Waals surface area contributed by atoms with Crippen molar-refractivity contribution in [1.82, 2.24) is 20.4 Å². The lowest BCUT2D eigenvalue weighted by atomic mass is 10.0. The first-order valence-electron chi connectivity index (χ1n) is 10.5. The van der Waals surface area contributed by atoms with Gasteiger partial charge in [0, 0.05) is 37.3 Å². The summed E-state index contributed by atoms with van der Waals surface area (Å²) in [6.45, 7) is 1.04. The molecule has 1 aliphatic rings. The Kier molecular flexibility index (Phi) is 6.16. The van der Waals surface area contributed by atoms with Gasteiger partial charge in [-0.25, -0.2) is 14.3 Å².